The van der Waals surface area contributed by atoms with Gasteiger partial charge in [-0.2, -0.15) is 0 Å². The van der Waals surface area contributed by atoms with E-state index in [1.165, 1.54) is 17.7 Å². The monoisotopic (exact) mass is 368 g/mol. The highest BCUT2D eigenvalue weighted by molar-refractivity contribution is 5.62. The second-order valence-electron chi connectivity index (χ2n) is 7.87. The second-order valence-corrected chi connectivity index (χ2v) is 7.87. The van der Waals surface area contributed by atoms with E-state index in [1.807, 2.05) is 6.07 Å². The van der Waals surface area contributed by atoms with Crippen LogP contribution in [0.15, 0.2) is 48.5 Å². The largest absolute Gasteiger partial charge is 0.505 e. The molecule has 0 saturated carbocycles. The third-order valence-corrected chi connectivity index (χ3v) is 5.91. The topological polar surface area (TPSA) is 43.8 Å². The lowest BCUT2D eigenvalue weighted by Crippen LogP contribution is -2.32. The Balaban J connectivity index is 1.33. The molecule has 2 aromatic rings. The molecule has 3 atom stereocenters. The lowest BCUT2D eigenvalue weighted by molar-refractivity contribution is -0.109. The Morgan fingerprint density at radius 3 is 2.33 bits per heavy atom. The molecular formula is C22H25FN2O2. The number of halogens is 1. The van der Waals surface area contributed by atoms with Gasteiger partial charge in [-0.3, -0.25) is 4.90 Å². The minimum absolute atomic E-state index is 0.362. The molecule has 0 spiro atoms. The van der Waals surface area contributed by atoms with Crippen LogP contribution in [-0.2, 0) is 11.3 Å². The molecule has 1 N–H and O–H groups in total. The van der Waals surface area contributed by atoms with Crippen molar-refractivity contribution < 1.29 is 14.3 Å². The van der Waals surface area contributed by atoms with Gasteiger partial charge in [0.1, 0.15) is 6.29 Å². The molecule has 2 heterocycles. The van der Waals surface area contributed by atoms with Gasteiger partial charge in [-0.05, 0) is 35.1 Å². The SMILES string of the molecule is O=CC(CN1C[C@H]2CN(Cc3ccccc3)C[C@H]2C1)c1ccc(O)c(F)c1. The van der Waals surface area contributed by atoms with Crippen molar-refractivity contribution in [3.05, 3.63) is 65.5 Å². The number of hydrogen-bond acceptors (Lipinski definition) is 4. The van der Waals surface area contributed by atoms with E-state index >= 15 is 0 Å². The van der Waals surface area contributed by atoms with E-state index < -0.39 is 5.82 Å². The summed E-state index contributed by atoms with van der Waals surface area (Å²) >= 11 is 0. The number of hydrogen-bond donors (Lipinski definition) is 1. The summed E-state index contributed by atoms with van der Waals surface area (Å²) in [7, 11) is 0. The molecule has 4 rings (SSSR count). The number of rotatable bonds is 6. The Morgan fingerprint density at radius 1 is 1.04 bits per heavy atom. The third-order valence-electron chi connectivity index (χ3n) is 5.91. The maximum Gasteiger partial charge on any atom is 0.165 e. The molecule has 2 aliphatic heterocycles. The minimum atomic E-state index is -0.672. The van der Waals surface area contributed by atoms with E-state index in [-0.39, 0.29) is 11.7 Å². The van der Waals surface area contributed by atoms with E-state index in [0.29, 0.717) is 23.9 Å². The van der Waals surface area contributed by atoms with E-state index in [2.05, 4.69) is 34.1 Å². The highest BCUT2D eigenvalue weighted by Crippen LogP contribution is 2.33. The first-order valence-electron chi connectivity index (χ1n) is 9.54. The molecule has 0 aliphatic carbocycles. The molecule has 27 heavy (non-hydrogen) atoms. The second kappa shape index (κ2) is 7.79. The van der Waals surface area contributed by atoms with Crippen LogP contribution >= 0.6 is 0 Å². The van der Waals surface area contributed by atoms with Crippen molar-refractivity contribution >= 4 is 6.29 Å². The zero-order chi connectivity index (χ0) is 18.8. The fourth-order valence-electron chi connectivity index (χ4n) is 4.57. The van der Waals surface area contributed by atoms with E-state index in [0.717, 1.165) is 39.0 Å². The summed E-state index contributed by atoms with van der Waals surface area (Å²) in [5, 5.41) is 9.34. The van der Waals surface area contributed by atoms with Crippen LogP contribution in [0.25, 0.3) is 0 Å². The molecule has 0 bridgehead atoms. The van der Waals surface area contributed by atoms with Gasteiger partial charge in [0.05, 0.1) is 5.92 Å². The van der Waals surface area contributed by atoms with E-state index in [9.17, 15) is 14.3 Å². The normalized spacial score (nSPS) is 24.0. The molecule has 1 unspecified atom stereocenters. The lowest BCUT2D eigenvalue weighted by Gasteiger charge is -2.23. The Morgan fingerprint density at radius 2 is 1.70 bits per heavy atom. The van der Waals surface area contributed by atoms with Crippen LogP contribution in [0.4, 0.5) is 4.39 Å². The number of nitrogens with zero attached hydrogens (tertiary/aromatic N) is 2. The number of carbonyl (C=O) groups is 1. The molecule has 0 radical (unpaired) electrons. The van der Waals surface area contributed by atoms with Crippen molar-refractivity contribution in [2.75, 3.05) is 32.7 Å². The zero-order valence-corrected chi connectivity index (χ0v) is 15.3. The van der Waals surface area contributed by atoms with Crippen LogP contribution in [0.1, 0.15) is 17.0 Å². The third kappa shape index (κ3) is 4.04. The molecule has 4 nitrogen and oxygen atoms in total. The minimum Gasteiger partial charge on any atom is -0.505 e. The van der Waals surface area contributed by atoms with Gasteiger partial charge in [0.15, 0.2) is 11.6 Å². The molecule has 2 saturated heterocycles. The number of phenolic OH excluding ortho intramolecular Hbond substituents is 1. The summed E-state index contributed by atoms with van der Waals surface area (Å²) in [5.41, 5.74) is 1.98. The van der Waals surface area contributed by atoms with Gasteiger partial charge in [-0.15, -0.1) is 0 Å². The smallest absolute Gasteiger partial charge is 0.165 e. The Labute approximate surface area is 159 Å². The lowest BCUT2D eigenvalue weighted by atomic mass is 9.99. The highest BCUT2D eigenvalue weighted by Gasteiger charge is 2.40. The molecular weight excluding hydrogens is 343 g/mol. The molecule has 2 fully saturated rings. The van der Waals surface area contributed by atoms with Gasteiger partial charge in [0.2, 0.25) is 0 Å². The predicted octanol–water partition coefficient (Wildman–Crippen LogP) is 2.88. The van der Waals surface area contributed by atoms with Crippen LogP contribution < -0.4 is 0 Å². The van der Waals surface area contributed by atoms with Gasteiger partial charge in [-0.25, -0.2) is 4.39 Å². The molecule has 0 aromatic heterocycles. The number of aldehydes is 1. The number of aromatic hydroxyl groups is 1. The summed E-state index contributed by atoms with van der Waals surface area (Å²) in [6.45, 7) is 5.77. The maximum absolute atomic E-state index is 13.6. The van der Waals surface area contributed by atoms with E-state index in [4.69, 9.17) is 0 Å². The fourth-order valence-corrected chi connectivity index (χ4v) is 4.57. The quantitative estimate of drug-likeness (QED) is 0.797. The summed E-state index contributed by atoms with van der Waals surface area (Å²) in [5.74, 6) is -0.138. The number of likely N-dealkylation sites (tertiary alicyclic amines) is 2. The van der Waals surface area contributed by atoms with Crippen LogP contribution in [0.2, 0.25) is 0 Å². The van der Waals surface area contributed by atoms with Gasteiger partial charge >= 0.3 is 0 Å². The van der Waals surface area contributed by atoms with Crippen LogP contribution in [0, 0.1) is 17.7 Å². The average Bonchev–Trinajstić information content (AvgIpc) is 3.21. The highest BCUT2D eigenvalue weighted by atomic mass is 19.1. The molecule has 142 valence electrons. The number of benzene rings is 2. The van der Waals surface area contributed by atoms with Gasteiger partial charge in [0, 0.05) is 39.3 Å². The number of fused-ring (bicyclic) bond motifs is 1. The summed E-state index contributed by atoms with van der Waals surface area (Å²) < 4.78 is 13.6. The maximum atomic E-state index is 13.6. The van der Waals surface area contributed by atoms with Crippen molar-refractivity contribution in [3.63, 3.8) is 0 Å². The number of carbonyl (C=O) groups excluding carboxylic acids is 1. The van der Waals surface area contributed by atoms with Crippen LogP contribution in [0.3, 0.4) is 0 Å². The Hall–Kier alpha value is -2.24. The van der Waals surface area contributed by atoms with Gasteiger partial charge < -0.3 is 14.8 Å². The first kappa shape index (κ1) is 18.1. The Bertz CT molecular complexity index is 784. The first-order chi connectivity index (χ1) is 13.1. The summed E-state index contributed by atoms with van der Waals surface area (Å²) in [6.07, 6.45) is 0.891. The Kier molecular flexibility index (Phi) is 5.23. The zero-order valence-electron chi connectivity index (χ0n) is 15.3. The van der Waals surface area contributed by atoms with Gasteiger partial charge in [-0.1, -0.05) is 36.4 Å². The predicted molar refractivity (Wildman–Crippen MR) is 102 cm³/mol. The van der Waals surface area contributed by atoms with Crippen LogP contribution in [0.5, 0.6) is 5.75 Å². The van der Waals surface area contributed by atoms with Crippen molar-refractivity contribution in [2.24, 2.45) is 11.8 Å². The van der Waals surface area contributed by atoms with E-state index in [1.54, 1.807) is 6.07 Å². The fraction of sp³-hybridized carbons (Fsp3) is 0.409. The molecule has 0 amide bonds. The number of phenols is 1. The van der Waals surface area contributed by atoms with Crippen molar-refractivity contribution in [1.29, 1.82) is 0 Å². The summed E-state index contributed by atoms with van der Waals surface area (Å²) in [6, 6.07) is 14.8. The standard InChI is InChI=1S/C22H25FN2O2/c23-21-8-17(6-7-22(21)27)20(15-26)14-25-12-18-10-24(11-19(18)13-25)9-16-4-2-1-3-5-16/h1-8,15,18-20,27H,9-14H2/t18-,19+,20?. The summed E-state index contributed by atoms with van der Waals surface area (Å²) in [4.78, 5) is 16.4. The van der Waals surface area contributed by atoms with Gasteiger partial charge in [0.25, 0.3) is 0 Å². The van der Waals surface area contributed by atoms with Crippen molar-refractivity contribution in [2.45, 2.75) is 12.5 Å². The first-order valence-corrected chi connectivity index (χ1v) is 9.54. The van der Waals surface area contributed by atoms with Crippen LogP contribution in [-0.4, -0.2) is 53.9 Å². The molecule has 2 aliphatic rings. The van der Waals surface area contributed by atoms with Crippen molar-refractivity contribution in [1.82, 2.24) is 9.80 Å². The average molecular weight is 368 g/mol. The van der Waals surface area contributed by atoms with Crippen molar-refractivity contribution in [3.8, 4) is 5.75 Å². The molecule has 5 heteroatoms. The molecule has 2 aromatic carbocycles.